The van der Waals surface area contributed by atoms with Crippen LogP contribution in [0.25, 0.3) is 16.9 Å². The van der Waals surface area contributed by atoms with Gasteiger partial charge in [0.1, 0.15) is 13.7 Å². The Morgan fingerprint density at radius 1 is 1.12 bits per heavy atom. The molecule has 4 aromatic rings. The van der Waals surface area contributed by atoms with Crippen LogP contribution in [0, 0.1) is 0 Å². The highest BCUT2D eigenvalue weighted by atomic mass is 35.5. The fourth-order valence-corrected chi connectivity index (χ4v) is 4.91. The maximum absolute atomic E-state index is 6.51. The summed E-state index contributed by atoms with van der Waals surface area (Å²) in [6.07, 6.45) is 4.12. The highest BCUT2D eigenvalue weighted by Crippen LogP contribution is 2.29. The van der Waals surface area contributed by atoms with Crippen LogP contribution in [0.5, 0.6) is 0 Å². The van der Waals surface area contributed by atoms with Crippen molar-refractivity contribution in [2.24, 2.45) is 0 Å². The number of piperidine rings is 1. The van der Waals surface area contributed by atoms with Gasteiger partial charge in [-0.15, -0.1) is 0 Å². The molecule has 1 N–H and O–H groups in total. The van der Waals surface area contributed by atoms with E-state index < -0.39 is 0 Å². The Labute approximate surface area is 201 Å². The number of rotatable bonds is 6. The Bertz CT molecular complexity index is 1270. The minimum Gasteiger partial charge on any atom is -0.367 e. The third-order valence-corrected chi connectivity index (χ3v) is 6.83. The normalized spacial score (nSPS) is 15.1. The van der Waals surface area contributed by atoms with Crippen molar-refractivity contribution in [1.82, 2.24) is 19.5 Å². The number of aromatic nitrogens is 3. The second-order valence-corrected chi connectivity index (χ2v) is 9.36. The summed E-state index contributed by atoms with van der Waals surface area (Å²) in [6.45, 7) is 5.31. The minimum absolute atomic E-state index is 0.401. The van der Waals surface area contributed by atoms with Crippen molar-refractivity contribution in [3.63, 3.8) is 0 Å². The van der Waals surface area contributed by atoms with Gasteiger partial charge in [0, 0.05) is 48.5 Å². The first-order valence-electron chi connectivity index (χ1n) is 11.8. The Kier molecular flexibility index (Phi) is 6.43. The number of anilines is 1. The molecule has 0 saturated carbocycles. The Morgan fingerprint density at radius 2 is 1.94 bits per heavy atom. The van der Waals surface area contributed by atoms with E-state index in [0.717, 1.165) is 67.9 Å². The van der Waals surface area contributed by atoms with Gasteiger partial charge in [-0.05, 0) is 29.9 Å². The largest absolute Gasteiger partial charge is 0.367 e. The minimum atomic E-state index is 0.401. The lowest BCUT2D eigenvalue weighted by atomic mass is 9.75. The van der Waals surface area contributed by atoms with Crippen molar-refractivity contribution in [3.8, 4) is 11.3 Å². The van der Waals surface area contributed by atoms with Crippen molar-refractivity contribution in [2.45, 2.75) is 32.3 Å². The van der Waals surface area contributed by atoms with Crippen LogP contribution in [-0.2, 0) is 6.54 Å². The molecule has 3 heterocycles. The number of nitrogens with one attached hydrogen (secondary N) is 1. The molecule has 1 saturated heterocycles. The number of fused-ring (bicyclic) bond motifs is 1. The van der Waals surface area contributed by atoms with Crippen LogP contribution in [0.1, 0.15) is 18.4 Å². The average Bonchev–Trinajstić information content (AvgIpc) is 3.24. The molecule has 8 heteroatoms. The van der Waals surface area contributed by atoms with Crippen LogP contribution in [0.2, 0.25) is 11.8 Å². The number of hydrogen-bond donors (Lipinski definition) is 1. The van der Waals surface area contributed by atoms with E-state index in [1.807, 2.05) is 35.0 Å². The molecule has 5 nitrogen and oxygen atoms in total. The van der Waals surface area contributed by atoms with Gasteiger partial charge in [0.05, 0.1) is 5.69 Å². The summed E-state index contributed by atoms with van der Waals surface area (Å²) >= 11 is 6.51. The SMILES string of the molecule is Bc1cccc(CN2CCC(Nc3cc(-c4ccccc4Cl)nc4c(BC)cnn34)CC2)c1. The van der Waals surface area contributed by atoms with Gasteiger partial charge < -0.3 is 5.32 Å². The molecular weight excluding hydrogens is 427 g/mol. The average molecular weight is 456 g/mol. The summed E-state index contributed by atoms with van der Waals surface area (Å²) in [6, 6.07) is 19.2. The lowest BCUT2D eigenvalue weighted by molar-refractivity contribution is 0.211. The highest BCUT2D eigenvalue weighted by molar-refractivity contribution is 6.54. The molecule has 0 aliphatic carbocycles. The van der Waals surface area contributed by atoms with Gasteiger partial charge in [0.25, 0.3) is 0 Å². The Balaban J connectivity index is 1.36. The molecule has 0 unspecified atom stereocenters. The summed E-state index contributed by atoms with van der Waals surface area (Å²) in [5.41, 5.74) is 6.58. The van der Waals surface area contributed by atoms with Crippen molar-refractivity contribution in [2.75, 3.05) is 18.4 Å². The Morgan fingerprint density at radius 3 is 2.70 bits per heavy atom. The Hall–Kier alpha value is -2.76. The summed E-state index contributed by atoms with van der Waals surface area (Å²) < 4.78 is 1.94. The van der Waals surface area contributed by atoms with Crippen LogP contribution in [-0.4, -0.2) is 53.8 Å². The predicted octanol–water partition coefficient (Wildman–Crippen LogP) is 2.49. The van der Waals surface area contributed by atoms with Gasteiger partial charge >= 0.3 is 0 Å². The molecule has 166 valence electrons. The topological polar surface area (TPSA) is 45.5 Å². The van der Waals surface area contributed by atoms with Crippen LogP contribution in [0.4, 0.5) is 5.82 Å². The van der Waals surface area contributed by atoms with Gasteiger partial charge in [-0.3, -0.25) is 4.90 Å². The molecule has 1 aliphatic rings. The van der Waals surface area contributed by atoms with Gasteiger partial charge in [-0.2, -0.15) is 9.61 Å². The lowest BCUT2D eigenvalue weighted by Gasteiger charge is -2.33. The van der Waals surface area contributed by atoms with Crippen LogP contribution >= 0.6 is 11.6 Å². The third kappa shape index (κ3) is 4.80. The number of hydrogen-bond acceptors (Lipinski definition) is 4. The van der Waals surface area contributed by atoms with Gasteiger partial charge in [-0.25, -0.2) is 4.98 Å². The zero-order valence-corrected chi connectivity index (χ0v) is 20.0. The zero-order valence-electron chi connectivity index (χ0n) is 19.3. The van der Waals surface area contributed by atoms with E-state index in [9.17, 15) is 0 Å². The molecule has 0 spiro atoms. The zero-order chi connectivity index (χ0) is 22.8. The third-order valence-electron chi connectivity index (χ3n) is 6.50. The van der Waals surface area contributed by atoms with E-state index in [2.05, 4.69) is 60.3 Å². The van der Waals surface area contributed by atoms with Crippen LogP contribution in [0.15, 0.2) is 60.8 Å². The van der Waals surface area contributed by atoms with Crippen molar-refractivity contribution in [3.05, 3.63) is 71.4 Å². The van der Waals surface area contributed by atoms with E-state index in [4.69, 9.17) is 16.6 Å². The standard InChI is InChI=1S/C25H28B2ClN5/c1-27-21-15-29-33-24(14-23(31-25(21)33)20-7-2-3-8-22(20)28)30-19-9-11-32(12-10-19)16-17-5-4-6-18(26)13-17/h2-8,13-15,19,27,30H,9-12,16,26H2,1H3. The maximum Gasteiger partial charge on any atom is 0.161 e. The molecule has 33 heavy (non-hydrogen) atoms. The van der Waals surface area contributed by atoms with Crippen molar-refractivity contribution in [1.29, 1.82) is 0 Å². The van der Waals surface area contributed by atoms with Gasteiger partial charge in [-0.1, -0.05) is 66.4 Å². The summed E-state index contributed by atoms with van der Waals surface area (Å²) in [5.74, 6) is 0.978. The summed E-state index contributed by atoms with van der Waals surface area (Å²) in [5, 5.41) is 9.13. The molecule has 1 aliphatic heterocycles. The first-order valence-corrected chi connectivity index (χ1v) is 12.2. The van der Waals surface area contributed by atoms with E-state index in [1.165, 1.54) is 11.0 Å². The molecule has 2 aromatic heterocycles. The monoisotopic (exact) mass is 455 g/mol. The lowest BCUT2D eigenvalue weighted by Crippen LogP contribution is -2.39. The molecular formula is C25H28B2ClN5. The fraction of sp³-hybridized carbons (Fsp3) is 0.280. The molecule has 0 atom stereocenters. The number of likely N-dealkylation sites (tertiary alicyclic amines) is 1. The highest BCUT2D eigenvalue weighted by Gasteiger charge is 2.21. The predicted molar refractivity (Wildman–Crippen MR) is 143 cm³/mol. The molecule has 0 radical (unpaired) electrons. The van der Waals surface area contributed by atoms with Crippen molar-refractivity contribution < 1.29 is 0 Å². The van der Waals surface area contributed by atoms with Gasteiger partial charge in [0.2, 0.25) is 0 Å². The second-order valence-electron chi connectivity index (χ2n) is 8.95. The molecule has 1 fully saturated rings. The maximum atomic E-state index is 6.51. The summed E-state index contributed by atoms with van der Waals surface area (Å²) in [4.78, 5) is 7.47. The molecule has 0 amide bonds. The smallest absolute Gasteiger partial charge is 0.161 e. The first-order chi connectivity index (χ1) is 16.1. The quantitative estimate of drug-likeness (QED) is 0.454. The number of nitrogens with zero attached hydrogens (tertiary/aromatic N) is 4. The number of benzene rings is 2. The van der Waals surface area contributed by atoms with Crippen LogP contribution in [0.3, 0.4) is 0 Å². The van der Waals surface area contributed by atoms with E-state index in [-0.39, 0.29) is 0 Å². The number of halogens is 1. The first kappa shape index (κ1) is 22.1. The molecule has 0 bridgehead atoms. The molecule has 2 aromatic carbocycles. The van der Waals surface area contributed by atoms with E-state index in [0.29, 0.717) is 11.1 Å². The van der Waals surface area contributed by atoms with E-state index >= 15 is 0 Å². The second kappa shape index (κ2) is 9.62. The van der Waals surface area contributed by atoms with E-state index in [1.54, 1.807) is 0 Å². The van der Waals surface area contributed by atoms with Crippen LogP contribution < -0.4 is 16.2 Å². The van der Waals surface area contributed by atoms with Crippen molar-refractivity contribution >= 4 is 49.1 Å². The fourth-order valence-electron chi connectivity index (χ4n) is 4.68. The molecule has 5 rings (SSSR count). The summed E-state index contributed by atoms with van der Waals surface area (Å²) in [7, 11) is 3.05. The van der Waals surface area contributed by atoms with Gasteiger partial charge in [0.15, 0.2) is 12.9 Å².